The lowest BCUT2D eigenvalue weighted by atomic mass is 9.53. The number of hydrogen-bond acceptors (Lipinski definition) is 5. The highest BCUT2D eigenvalue weighted by Crippen LogP contribution is 2.55. The number of carbonyl (C=O) groups is 1. The minimum Gasteiger partial charge on any atom is -0.349 e. The average Bonchev–Trinajstić information content (AvgIpc) is 2.57. The lowest BCUT2D eigenvalue weighted by Gasteiger charge is -2.57. The number of nitrogens with zero attached hydrogens (tertiary/aromatic N) is 2. The average molecular weight is 399 g/mol. The van der Waals surface area contributed by atoms with Crippen molar-refractivity contribution in [2.45, 2.75) is 57.0 Å². The van der Waals surface area contributed by atoms with Gasteiger partial charge < -0.3 is 5.32 Å². The topological polar surface area (TPSA) is 95.7 Å². The number of primary sulfonamides is 1. The zero-order valence-corrected chi connectivity index (χ0v) is 17.2. The van der Waals surface area contributed by atoms with Crippen molar-refractivity contribution < 1.29 is 13.2 Å². The maximum absolute atomic E-state index is 13.0. The highest BCUT2D eigenvalue weighted by Gasteiger charge is 2.51. The predicted octanol–water partition coefficient (Wildman–Crippen LogP) is 0.366. The van der Waals surface area contributed by atoms with Crippen LogP contribution < -0.4 is 10.5 Å². The van der Waals surface area contributed by atoms with E-state index in [9.17, 15) is 13.2 Å². The molecule has 1 saturated heterocycles. The van der Waals surface area contributed by atoms with Gasteiger partial charge >= 0.3 is 0 Å². The molecular weight excluding hydrogens is 364 g/mol. The van der Waals surface area contributed by atoms with Crippen LogP contribution in [0.5, 0.6) is 0 Å². The second-order valence-electron chi connectivity index (χ2n) is 9.61. The van der Waals surface area contributed by atoms with Crippen LogP contribution in [0.3, 0.4) is 0 Å². The van der Waals surface area contributed by atoms with Gasteiger partial charge in [-0.1, -0.05) is 0 Å². The summed E-state index contributed by atoms with van der Waals surface area (Å²) < 4.78 is 22.3. The van der Waals surface area contributed by atoms with E-state index >= 15 is 0 Å². The number of carbonyl (C=O) groups excluding carboxylic acids is 1. The number of nitrogens with one attached hydrogen (secondary N) is 1. The van der Waals surface area contributed by atoms with Crippen LogP contribution >= 0.6 is 0 Å². The summed E-state index contributed by atoms with van der Waals surface area (Å²) in [6.45, 7) is 5.63. The monoisotopic (exact) mass is 398 g/mol. The highest BCUT2D eigenvalue weighted by atomic mass is 32.2. The molecule has 0 spiro atoms. The van der Waals surface area contributed by atoms with Crippen LogP contribution in [0.15, 0.2) is 0 Å². The molecule has 4 bridgehead atoms. The summed E-state index contributed by atoms with van der Waals surface area (Å²) in [6.07, 6.45) is 7.68. The van der Waals surface area contributed by atoms with Crippen LogP contribution in [0.2, 0.25) is 0 Å². The van der Waals surface area contributed by atoms with E-state index in [4.69, 9.17) is 5.14 Å². The van der Waals surface area contributed by atoms with Gasteiger partial charge in [-0.3, -0.25) is 14.6 Å². The quantitative estimate of drug-likeness (QED) is 0.674. The largest absolute Gasteiger partial charge is 0.349 e. The fourth-order valence-corrected chi connectivity index (χ4v) is 6.94. The Morgan fingerprint density at radius 2 is 1.59 bits per heavy atom. The first-order valence-corrected chi connectivity index (χ1v) is 12.2. The summed E-state index contributed by atoms with van der Waals surface area (Å²) in [7, 11) is -3.41. The van der Waals surface area contributed by atoms with Crippen molar-refractivity contribution >= 4 is 15.9 Å². The molecule has 4 saturated carbocycles. The Kier molecular flexibility index (Phi) is 5.29. The van der Waals surface area contributed by atoms with Crippen molar-refractivity contribution in [3.05, 3.63) is 0 Å². The van der Waals surface area contributed by atoms with Crippen molar-refractivity contribution in [2.24, 2.45) is 22.9 Å². The van der Waals surface area contributed by atoms with Crippen LogP contribution in [0.4, 0.5) is 0 Å². The summed E-state index contributed by atoms with van der Waals surface area (Å²) in [5.41, 5.74) is 0.0669. The Morgan fingerprint density at radius 1 is 1.07 bits per heavy atom. The number of nitrogens with two attached hydrogens (primary N) is 1. The van der Waals surface area contributed by atoms with E-state index in [-0.39, 0.29) is 23.2 Å². The minimum atomic E-state index is -3.41. The van der Waals surface area contributed by atoms with Gasteiger partial charge in [0.2, 0.25) is 15.9 Å². The van der Waals surface area contributed by atoms with Crippen LogP contribution in [0, 0.1) is 17.8 Å². The maximum Gasteiger partial charge on any atom is 0.237 e. The van der Waals surface area contributed by atoms with Gasteiger partial charge in [-0.2, -0.15) is 0 Å². The normalized spacial score (nSPS) is 38.1. The van der Waals surface area contributed by atoms with Gasteiger partial charge in [0, 0.05) is 38.3 Å². The van der Waals surface area contributed by atoms with E-state index in [1.807, 2.05) is 6.92 Å². The summed E-state index contributed by atoms with van der Waals surface area (Å²) in [5, 5.41) is 8.58. The molecule has 8 heteroatoms. The van der Waals surface area contributed by atoms with E-state index in [0.717, 1.165) is 43.9 Å². The zero-order valence-electron chi connectivity index (χ0n) is 16.4. The van der Waals surface area contributed by atoms with Crippen molar-refractivity contribution in [3.8, 4) is 0 Å². The Balaban J connectivity index is 1.28. The van der Waals surface area contributed by atoms with Crippen molar-refractivity contribution in [1.82, 2.24) is 15.1 Å². The molecule has 0 aromatic carbocycles. The molecule has 7 nitrogen and oxygen atoms in total. The fraction of sp³-hybridized carbons (Fsp3) is 0.947. The van der Waals surface area contributed by atoms with Crippen LogP contribution in [-0.2, 0) is 14.8 Å². The van der Waals surface area contributed by atoms with E-state index in [2.05, 4.69) is 15.1 Å². The Labute approximate surface area is 163 Å². The van der Waals surface area contributed by atoms with Crippen LogP contribution in [0.1, 0.15) is 45.4 Å². The first-order chi connectivity index (χ1) is 12.7. The maximum atomic E-state index is 13.0. The predicted molar refractivity (Wildman–Crippen MR) is 104 cm³/mol. The van der Waals surface area contributed by atoms with Gasteiger partial charge in [0.05, 0.1) is 11.8 Å². The molecule has 1 atom stereocenters. The summed E-state index contributed by atoms with van der Waals surface area (Å²) >= 11 is 0. The minimum absolute atomic E-state index is 0.00490. The molecule has 1 aliphatic heterocycles. The number of sulfonamides is 1. The molecule has 154 valence electrons. The van der Waals surface area contributed by atoms with Gasteiger partial charge in [0.25, 0.3) is 0 Å². The first-order valence-electron chi connectivity index (χ1n) is 10.5. The third-order valence-electron chi connectivity index (χ3n) is 7.45. The number of piperazine rings is 1. The molecule has 5 fully saturated rings. The molecule has 5 aliphatic rings. The lowest BCUT2D eigenvalue weighted by Crippen LogP contribution is -2.63. The van der Waals surface area contributed by atoms with Crippen LogP contribution in [0.25, 0.3) is 0 Å². The van der Waals surface area contributed by atoms with E-state index < -0.39 is 10.0 Å². The lowest BCUT2D eigenvalue weighted by molar-refractivity contribution is -0.132. The van der Waals surface area contributed by atoms with Crippen molar-refractivity contribution in [3.63, 3.8) is 0 Å². The molecule has 0 unspecified atom stereocenters. The first kappa shape index (κ1) is 19.6. The molecule has 0 aromatic rings. The third-order valence-corrected chi connectivity index (χ3v) is 8.20. The SMILES string of the molecule is C[C@@H](C(=O)NC12CC3CC(CC(C3)C1)C2)N1CCN(CCS(N)(=O)=O)CC1. The smallest absolute Gasteiger partial charge is 0.237 e. The Bertz CT molecular complexity index is 637. The van der Waals surface area contributed by atoms with Gasteiger partial charge in [-0.15, -0.1) is 0 Å². The molecule has 27 heavy (non-hydrogen) atoms. The molecule has 1 heterocycles. The molecule has 0 aromatic heterocycles. The highest BCUT2D eigenvalue weighted by molar-refractivity contribution is 7.89. The number of hydrogen-bond donors (Lipinski definition) is 2. The fourth-order valence-electron chi connectivity index (χ4n) is 6.43. The third kappa shape index (κ3) is 4.49. The second kappa shape index (κ2) is 7.28. The molecule has 3 N–H and O–H groups in total. The standard InChI is InChI=1S/C19H34N4O3S/c1-14(23-4-2-22(3-5-23)6-7-27(20,25)26)18(24)21-19-11-15-8-16(12-19)10-17(9-15)13-19/h14-17H,2-13H2,1H3,(H,21,24)(H2,20,25,26)/t14-,15?,16?,17?,19?/m0/s1. The number of rotatable bonds is 6. The van der Waals surface area contributed by atoms with E-state index in [1.165, 1.54) is 38.5 Å². The summed E-state index contributed by atoms with van der Waals surface area (Å²) in [4.78, 5) is 17.3. The molecule has 0 radical (unpaired) electrons. The summed E-state index contributed by atoms with van der Waals surface area (Å²) in [6, 6.07) is -0.126. The van der Waals surface area contributed by atoms with Crippen molar-refractivity contribution in [2.75, 3.05) is 38.5 Å². The second-order valence-corrected chi connectivity index (χ2v) is 11.3. The van der Waals surface area contributed by atoms with E-state index in [1.54, 1.807) is 0 Å². The Hall–Kier alpha value is -0.700. The van der Waals surface area contributed by atoms with Crippen LogP contribution in [-0.4, -0.2) is 74.2 Å². The van der Waals surface area contributed by atoms with Gasteiger partial charge in [-0.05, 0) is 63.2 Å². The van der Waals surface area contributed by atoms with Crippen molar-refractivity contribution in [1.29, 1.82) is 0 Å². The van der Waals surface area contributed by atoms with E-state index in [0.29, 0.717) is 6.54 Å². The van der Waals surface area contributed by atoms with Gasteiger partial charge in [0.1, 0.15) is 0 Å². The zero-order chi connectivity index (χ0) is 19.2. The molecular formula is C19H34N4O3S. The van der Waals surface area contributed by atoms with Gasteiger partial charge in [0.15, 0.2) is 0 Å². The molecule has 4 aliphatic carbocycles. The summed E-state index contributed by atoms with van der Waals surface area (Å²) in [5.74, 6) is 2.65. The molecule has 1 amide bonds. The molecule has 5 rings (SSSR count). The number of amides is 1. The van der Waals surface area contributed by atoms with Gasteiger partial charge in [-0.25, -0.2) is 13.6 Å². The Morgan fingerprint density at radius 3 is 2.07 bits per heavy atom.